The van der Waals surface area contributed by atoms with Gasteiger partial charge in [-0.1, -0.05) is 80.0 Å². The van der Waals surface area contributed by atoms with E-state index in [9.17, 15) is 4.79 Å². The van der Waals surface area contributed by atoms with Crippen molar-refractivity contribution in [3.63, 3.8) is 0 Å². The van der Waals surface area contributed by atoms with Crippen LogP contribution in [0.5, 0.6) is 11.5 Å². The molecule has 6 rings (SSSR count). The van der Waals surface area contributed by atoms with Gasteiger partial charge in [0.05, 0.1) is 13.2 Å². The first-order chi connectivity index (χ1) is 18.3. The predicted molar refractivity (Wildman–Crippen MR) is 154 cm³/mol. The Morgan fingerprint density at radius 1 is 0.974 bits per heavy atom. The van der Waals surface area contributed by atoms with E-state index in [1.807, 2.05) is 42.5 Å². The van der Waals surface area contributed by atoms with Gasteiger partial charge in [-0.2, -0.15) is 0 Å². The summed E-state index contributed by atoms with van der Waals surface area (Å²) in [6.45, 7) is 4.69. The third-order valence-corrected chi connectivity index (χ3v) is 7.79. The molecule has 1 N–H and O–H groups in total. The van der Waals surface area contributed by atoms with E-state index in [0.29, 0.717) is 29.5 Å². The van der Waals surface area contributed by atoms with Gasteiger partial charge in [-0.15, -0.1) is 0 Å². The molecule has 0 amide bonds. The molecule has 0 aromatic heterocycles. The highest BCUT2D eigenvalue weighted by Crippen LogP contribution is 2.53. The quantitative estimate of drug-likeness (QED) is 0.285. The maximum atomic E-state index is 13.9. The Labute approximate surface area is 228 Å². The number of hydrogen-bond acceptors (Lipinski definition) is 4. The summed E-state index contributed by atoms with van der Waals surface area (Å²) in [6, 6.07) is 25.8. The summed E-state index contributed by atoms with van der Waals surface area (Å²) in [5.41, 5.74) is 5.84. The van der Waals surface area contributed by atoms with E-state index < -0.39 is 0 Å². The van der Waals surface area contributed by atoms with E-state index >= 15 is 0 Å². The second kappa shape index (κ2) is 9.52. The lowest BCUT2D eigenvalue weighted by atomic mass is 9.67. The fraction of sp³-hybridized carbons (Fsp3) is 0.242. The molecule has 1 aliphatic heterocycles. The molecule has 0 bridgehead atoms. The van der Waals surface area contributed by atoms with E-state index in [4.69, 9.17) is 21.1 Å². The van der Waals surface area contributed by atoms with Crippen LogP contribution in [0.1, 0.15) is 49.4 Å². The number of anilines is 1. The van der Waals surface area contributed by atoms with Gasteiger partial charge in [-0.3, -0.25) is 4.79 Å². The molecule has 4 aromatic rings. The number of rotatable bonds is 5. The normalized spacial score (nSPS) is 18.0. The maximum Gasteiger partial charge on any atom is 0.167 e. The lowest BCUT2D eigenvalue weighted by Gasteiger charge is -2.40. The number of carbonyl (C=O) groups excluding carboxylic acids is 1. The largest absolute Gasteiger partial charge is 0.493 e. The molecule has 1 atom stereocenters. The number of nitrogens with one attached hydrogen (secondary N) is 1. The van der Waals surface area contributed by atoms with Gasteiger partial charge < -0.3 is 14.8 Å². The Hall–Kier alpha value is -3.76. The molecule has 1 heterocycles. The van der Waals surface area contributed by atoms with E-state index in [1.54, 1.807) is 7.11 Å². The predicted octanol–water partition coefficient (Wildman–Crippen LogP) is 8.39. The zero-order valence-corrected chi connectivity index (χ0v) is 22.6. The van der Waals surface area contributed by atoms with Gasteiger partial charge in [0.15, 0.2) is 17.3 Å². The molecular weight excluding hydrogens is 494 g/mol. The minimum atomic E-state index is -0.355. The summed E-state index contributed by atoms with van der Waals surface area (Å²) in [4.78, 5) is 13.9. The first kappa shape index (κ1) is 24.6. The maximum absolute atomic E-state index is 13.9. The van der Waals surface area contributed by atoms with Gasteiger partial charge in [-0.25, -0.2) is 0 Å². The zero-order chi connectivity index (χ0) is 26.4. The van der Waals surface area contributed by atoms with Crippen LogP contribution in [0, 0.1) is 5.41 Å². The highest BCUT2D eigenvalue weighted by Gasteiger charge is 2.41. The van der Waals surface area contributed by atoms with Crippen LogP contribution in [-0.2, 0) is 11.4 Å². The van der Waals surface area contributed by atoms with Crippen molar-refractivity contribution in [1.29, 1.82) is 0 Å². The van der Waals surface area contributed by atoms with Gasteiger partial charge in [0, 0.05) is 33.8 Å². The average Bonchev–Trinajstić information content (AvgIpc) is 2.90. The van der Waals surface area contributed by atoms with Crippen LogP contribution in [0.25, 0.3) is 16.3 Å². The van der Waals surface area contributed by atoms with E-state index in [2.05, 4.69) is 55.6 Å². The standard InChI is InChI=1S/C33H30ClNO3/c1-33(2)17-25-29-23-11-5-4-9-21(23)14-15-26(29)35-31(30(25)27(36)18-33)24-12-7-13-28(37-3)32(24)38-19-20-8-6-10-22(34)16-20/h4-16,31,35H,17-19H2,1-3H3/t31-/m0/s1. The number of hydrogen-bond donors (Lipinski definition) is 1. The van der Waals surface area contributed by atoms with Crippen LogP contribution < -0.4 is 14.8 Å². The Bertz CT molecular complexity index is 1600. The third kappa shape index (κ3) is 4.33. The Morgan fingerprint density at radius 3 is 2.61 bits per heavy atom. The smallest absolute Gasteiger partial charge is 0.167 e. The average molecular weight is 524 g/mol. The summed E-state index contributed by atoms with van der Waals surface area (Å²) in [7, 11) is 1.64. The number of para-hydroxylation sites is 1. The number of methoxy groups -OCH3 is 1. The zero-order valence-electron chi connectivity index (χ0n) is 21.8. The van der Waals surface area contributed by atoms with Crippen LogP contribution in [0.15, 0.2) is 84.4 Å². The minimum absolute atomic E-state index is 0.119. The molecule has 38 heavy (non-hydrogen) atoms. The van der Waals surface area contributed by atoms with Crippen molar-refractivity contribution in [2.45, 2.75) is 39.3 Å². The highest BCUT2D eigenvalue weighted by molar-refractivity contribution is 6.30. The Morgan fingerprint density at radius 2 is 1.79 bits per heavy atom. The number of benzene rings is 4. The van der Waals surface area contributed by atoms with Crippen LogP contribution in [0.2, 0.25) is 5.02 Å². The Kier molecular flexibility index (Phi) is 6.16. The van der Waals surface area contributed by atoms with Crippen molar-refractivity contribution in [2.24, 2.45) is 5.41 Å². The minimum Gasteiger partial charge on any atom is -0.493 e. The number of allylic oxidation sites excluding steroid dienone is 1. The molecule has 0 radical (unpaired) electrons. The van der Waals surface area contributed by atoms with Gasteiger partial charge in [-0.05, 0) is 58.0 Å². The lowest BCUT2D eigenvalue weighted by Crippen LogP contribution is -2.33. The molecule has 192 valence electrons. The molecule has 0 spiro atoms. The molecule has 4 aromatic carbocycles. The molecule has 1 aliphatic carbocycles. The molecule has 0 saturated heterocycles. The van der Waals surface area contributed by atoms with Crippen molar-refractivity contribution in [3.05, 3.63) is 106 Å². The second-order valence-corrected chi connectivity index (χ2v) is 11.4. The number of Topliss-reactive ketones (excluding diaryl/α,β-unsaturated/α-hetero) is 1. The Balaban J connectivity index is 1.52. The monoisotopic (exact) mass is 523 g/mol. The molecule has 2 aliphatic rings. The highest BCUT2D eigenvalue weighted by atomic mass is 35.5. The van der Waals surface area contributed by atoms with E-state index in [0.717, 1.165) is 45.3 Å². The van der Waals surface area contributed by atoms with Crippen molar-refractivity contribution in [1.82, 2.24) is 0 Å². The first-order valence-corrected chi connectivity index (χ1v) is 13.3. The SMILES string of the molecule is COc1cccc([C@@H]2Nc3ccc4ccccc4c3C3=C2C(=O)CC(C)(C)C3)c1OCc1cccc(Cl)c1. The third-order valence-electron chi connectivity index (χ3n) is 7.55. The second-order valence-electron chi connectivity index (χ2n) is 10.9. The summed E-state index contributed by atoms with van der Waals surface area (Å²) in [5, 5.41) is 6.72. The molecule has 0 saturated carbocycles. The lowest BCUT2D eigenvalue weighted by molar-refractivity contribution is -0.118. The molecular formula is C33H30ClNO3. The number of ether oxygens (including phenoxy) is 2. The van der Waals surface area contributed by atoms with E-state index in [1.165, 1.54) is 5.39 Å². The van der Waals surface area contributed by atoms with Crippen LogP contribution in [0.4, 0.5) is 5.69 Å². The van der Waals surface area contributed by atoms with Crippen molar-refractivity contribution in [2.75, 3.05) is 12.4 Å². The van der Waals surface area contributed by atoms with Crippen LogP contribution in [0.3, 0.4) is 0 Å². The molecule has 0 fully saturated rings. The number of carbonyl (C=O) groups is 1. The van der Waals surface area contributed by atoms with Crippen molar-refractivity contribution < 1.29 is 14.3 Å². The fourth-order valence-corrected chi connectivity index (χ4v) is 6.14. The number of ketones is 1. The summed E-state index contributed by atoms with van der Waals surface area (Å²) in [6.07, 6.45) is 1.34. The van der Waals surface area contributed by atoms with Gasteiger partial charge in [0.1, 0.15) is 6.61 Å². The van der Waals surface area contributed by atoms with Crippen LogP contribution >= 0.6 is 11.6 Å². The van der Waals surface area contributed by atoms with Gasteiger partial charge in [0.2, 0.25) is 0 Å². The summed E-state index contributed by atoms with van der Waals surface area (Å²) < 4.78 is 12.1. The fourth-order valence-electron chi connectivity index (χ4n) is 5.93. The summed E-state index contributed by atoms with van der Waals surface area (Å²) >= 11 is 6.21. The number of halogens is 1. The van der Waals surface area contributed by atoms with Gasteiger partial charge in [0.25, 0.3) is 0 Å². The van der Waals surface area contributed by atoms with Crippen molar-refractivity contribution in [3.8, 4) is 11.5 Å². The van der Waals surface area contributed by atoms with Gasteiger partial charge >= 0.3 is 0 Å². The number of fused-ring (bicyclic) bond motifs is 4. The molecule has 5 heteroatoms. The summed E-state index contributed by atoms with van der Waals surface area (Å²) in [5.74, 6) is 1.43. The first-order valence-electron chi connectivity index (χ1n) is 12.9. The molecule has 0 unspecified atom stereocenters. The van der Waals surface area contributed by atoms with Crippen LogP contribution in [-0.4, -0.2) is 12.9 Å². The van der Waals surface area contributed by atoms with E-state index in [-0.39, 0.29) is 17.2 Å². The van der Waals surface area contributed by atoms with Crippen molar-refractivity contribution >= 4 is 39.4 Å². The molecule has 4 nitrogen and oxygen atoms in total. The topological polar surface area (TPSA) is 47.6 Å².